The van der Waals surface area contributed by atoms with Crippen LogP contribution in [-0.4, -0.2) is 50.2 Å². The number of carbonyl (C=O) groups is 2. The molecule has 0 bridgehead atoms. The van der Waals surface area contributed by atoms with Gasteiger partial charge in [-0.25, -0.2) is 9.78 Å². The molecule has 3 aromatic rings. The SMILES string of the molecule is C=C(C)c1nc(C(C(C)C)N(CCCNC(=O)OC(C)(C)C)C(=O)c2ccc(C)cc2)n(Cc2ccccc2)c1O. The zero-order valence-corrected chi connectivity index (χ0v) is 25.4. The molecule has 41 heavy (non-hydrogen) atoms. The van der Waals surface area contributed by atoms with E-state index in [0.29, 0.717) is 48.7 Å². The molecule has 0 aliphatic heterocycles. The number of aryl methyl sites for hydroxylation is 1. The average molecular weight is 561 g/mol. The van der Waals surface area contributed by atoms with Crippen molar-refractivity contribution in [1.29, 1.82) is 0 Å². The lowest BCUT2D eigenvalue weighted by Crippen LogP contribution is -2.41. The van der Waals surface area contributed by atoms with Gasteiger partial charge in [-0.05, 0) is 70.2 Å². The Morgan fingerprint density at radius 1 is 1.10 bits per heavy atom. The predicted octanol–water partition coefficient (Wildman–Crippen LogP) is 6.73. The van der Waals surface area contributed by atoms with Crippen molar-refractivity contribution in [2.45, 2.75) is 73.1 Å². The maximum absolute atomic E-state index is 14.1. The van der Waals surface area contributed by atoms with E-state index in [2.05, 4.69) is 11.9 Å². The number of hydrogen-bond donors (Lipinski definition) is 2. The summed E-state index contributed by atoms with van der Waals surface area (Å²) in [5.74, 6) is 0.417. The van der Waals surface area contributed by atoms with Gasteiger partial charge in [-0.1, -0.05) is 68.5 Å². The van der Waals surface area contributed by atoms with E-state index in [1.807, 2.05) is 96.1 Å². The van der Waals surface area contributed by atoms with Crippen LogP contribution in [0.25, 0.3) is 5.57 Å². The number of benzene rings is 2. The van der Waals surface area contributed by atoms with E-state index >= 15 is 0 Å². The number of nitrogens with zero attached hydrogens (tertiary/aromatic N) is 3. The van der Waals surface area contributed by atoms with Crippen LogP contribution in [-0.2, 0) is 11.3 Å². The van der Waals surface area contributed by atoms with Crippen LogP contribution in [0.5, 0.6) is 5.88 Å². The summed E-state index contributed by atoms with van der Waals surface area (Å²) < 4.78 is 7.13. The Hall–Kier alpha value is -4.07. The molecular formula is C33H44N4O4. The summed E-state index contributed by atoms with van der Waals surface area (Å²) >= 11 is 0. The molecule has 3 rings (SSSR count). The highest BCUT2D eigenvalue weighted by Gasteiger charge is 2.34. The molecule has 8 heteroatoms. The number of rotatable bonds is 11. The molecular weight excluding hydrogens is 516 g/mol. The molecule has 0 saturated heterocycles. The van der Waals surface area contributed by atoms with Crippen molar-refractivity contribution in [3.63, 3.8) is 0 Å². The highest BCUT2D eigenvalue weighted by molar-refractivity contribution is 5.94. The minimum atomic E-state index is -0.598. The molecule has 1 heterocycles. The number of alkyl carbamates (subject to hydrolysis) is 1. The number of carbonyl (C=O) groups excluding carboxylic acids is 2. The van der Waals surface area contributed by atoms with Crippen molar-refractivity contribution in [2.75, 3.05) is 13.1 Å². The molecule has 0 radical (unpaired) electrons. The molecule has 0 saturated carbocycles. The summed E-state index contributed by atoms with van der Waals surface area (Å²) in [5, 5.41) is 14.1. The first-order chi connectivity index (χ1) is 19.3. The van der Waals surface area contributed by atoms with Crippen LogP contribution in [0.15, 0.2) is 61.2 Å². The van der Waals surface area contributed by atoms with E-state index in [1.165, 1.54) is 0 Å². The van der Waals surface area contributed by atoms with E-state index < -0.39 is 17.7 Å². The van der Waals surface area contributed by atoms with Crippen LogP contribution in [0.1, 0.15) is 87.0 Å². The van der Waals surface area contributed by atoms with Crippen molar-refractivity contribution < 1.29 is 19.4 Å². The fourth-order valence-corrected chi connectivity index (χ4v) is 4.68. The number of aromatic nitrogens is 2. The van der Waals surface area contributed by atoms with Gasteiger partial charge in [0, 0.05) is 18.7 Å². The topological polar surface area (TPSA) is 96.7 Å². The van der Waals surface area contributed by atoms with Crippen molar-refractivity contribution in [3.8, 4) is 5.88 Å². The summed E-state index contributed by atoms with van der Waals surface area (Å²) in [6, 6.07) is 16.9. The van der Waals surface area contributed by atoms with Gasteiger partial charge in [0.15, 0.2) is 0 Å². The summed E-state index contributed by atoms with van der Waals surface area (Å²) in [7, 11) is 0. The molecule has 1 aromatic heterocycles. The number of hydrogen-bond acceptors (Lipinski definition) is 5. The molecule has 1 unspecified atom stereocenters. The Kier molecular flexibility index (Phi) is 10.4. The van der Waals surface area contributed by atoms with E-state index in [1.54, 1.807) is 16.4 Å². The summed E-state index contributed by atoms with van der Waals surface area (Å²) in [6.45, 7) is 18.4. The van der Waals surface area contributed by atoms with Crippen molar-refractivity contribution in [1.82, 2.24) is 19.8 Å². The number of imidazole rings is 1. The van der Waals surface area contributed by atoms with Gasteiger partial charge in [-0.2, -0.15) is 0 Å². The first-order valence-corrected chi connectivity index (χ1v) is 14.1. The van der Waals surface area contributed by atoms with Crippen LogP contribution in [0, 0.1) is 12.8 Å². The van der Waals surface area contributed by atoms with Gasteiger partial charge >= 0.3 is 6.09 Å². The zero-order chi connectivity index (χ0) is 30.3. The second-order valence-electron chi connectivity index (χ2n) is 11.8. The van der Waals surface area contributed by atoms with Gasteiger partial charge in [-0.3, -0.25) is 9.36 Å². The second-order valence-corrected chi connectivity index (χ2v) is 11.8. The van der Waals surface area contributed by atoms with E-state index in [0.717, 1.165) is 11.1 Å². The molecule has 0 aliphatic carbocycles. The summed E-state index contributed by atoms with van der Waals surface area (Å²) in [4.78, 5) is 33.0. The Labute approximate surface area is 244 Å². The quantitative estimate of drug-likeness (QED) is 0.253. The van der Waals surface area contributed by atoms with Crippen LogP contribution < -0.4 is 5.32 Å². The molecule has 2 aromatic carbocycles. The monoisotopic (exact) mass is 560 g/mol. The van der Waals surface area contributed by atoms with Gasteiger partial charge in [0.05, 0.1) is 12.6 Å². The Morgan fingerprint density at radius 2 is 1.73 bits per heavy atom. The highest BCUT2D eigenvalue weighted by Crippen LogP contribution is 2.36. The number of amides is 2. The molecule has 220 valence electrons. The van der Waals surface area contributed by atoms with Crippen LogP contribution in [0.3, 0.4) is 0 Å². The largest absolute Gasteiger partial charge is 0.493 e. The molecule has 1 atom stereocenters. The normalized spacial score (nSPS) is 12.2. The Bertz CT molecular complexity index is 1340. The third-order valence-corrected chi connectivity index (χ3v) is 6.59. The third kappa shape index (κ3) is 8.46. The fourth-order valence-electron chi connectivity index (χ4n) is 4.68. The van der Waals surface area contributed by atoms with Crippen LogP contribution in [0.4, 0.5) is 4.79 Å². The smallest absolute Gasteiger partial charge is 0.407 e. The van der Waals surface area contributed by atoms with Crippen LogP contribution in [0.2, 0.25) is 0 Å². The maximum Gasteiger partial charge on any atom is 0.407 e. The number of ether oxygens (including phenoxy) is 1. The zero-order valence-electron chi connectivity index (χ0n) is 25.4. The number of aromatic hydroxyl groups is 1. The van der Waals surface area contributed by atoms with Crippen LogP contribution >= 0.6 is 0 Å². The Balaban J connectivity index is 2.01. The van der Waals surface area contributed by atoms with Crippen molar-refractivity contribution in [3.05, 3.63) is 89.4 Å². The van der Waals surface area contributed by atoms with E-state index in [9.17, 15) is 14.7 Å². The molecule has 2 amide bonds. The van der Waals surface area contributed by atoms with Gasteiger partial charge in [-0.15, -0.1) is 0 Å². The summed E-state index contributed by atoms with van der Waals surface area (Å²) in [6.07, 6.45) is 0.00226. The molecule has 0 aliphatic rings. The van der Waals surface area contributed by atoms with Gasteiger partial charge in [0.1, 0.15) is 17.1 Å². The standard InChI is InChI=1S/C33H44N4O4/c1-22(2)27-31(39)37(21-25-13-10-9-11-14-25)29(35-27)28(23(3)4)36(30(38)26-17-15-24(5)16-18-26)20-12-19-34-32(40)41-33(6,7)8/h9-11,13-18,23,28,39H,1,12,19-21H2,2-8H3,(H,34,40). The first kappa shape index (κ1) is 31.5. The Morgan fingerprint density at radius 3 is 2.29 bits per heavy atom. The molecule has 0 fully saturated rings. The predicted molar refractivity (Wildman–Crippen MR) is 163 cm³/mol. The first-order valence-electron chi connectivity index (χ1n) is 14.1. The average Bonchev–Trinajstić information content (AvgIpc) is 3.20. The van der Waals surface area contributed by atoms with Crippen molar-refractivity contribution >= 4 is 17.6 Å². The molecule has 2 N–H and O–H groups in total. The molecule has 8 nitrogen and oxygen atoms in total. The maximum atomic E-state index is 14.1. The van der Waals surface area contributed by atoms with Gasteiger partial charge in [0.2, 0.25) is 5.88 Å². The second kappa shape index (κ2) is 13.5. The lowest BCUT2D eigenvalue weighted by molar-refractivity contribution is 0.0519. The fraction of sp³-hybridized carbons (Fsp3) is 0.424. The van der Waals surface area contributed by atoms with Crippen molar-refractivity contribution in [2.24, 2.45) is 5.92 Å². The minimum Gasteiger partial charge on any atom is -0.493 e. The van der Waals surface area contributed by atoms with E-state index in [4.69, 9.17) is 9.72 Å². The lowest BCUT2D eigenvalue weighted by Gasteiger charge is -2.35. The van der Waals surface area contributed by atoms with E-state index in [-0.39, 0.29) is 17.7 Å². The number of nitrogens with one attached hydrogen (secondary N) is 1. The summed E-state index contributed by atoms with van der Waals surface area (Å²) in [5.41, 5.74) is 3.07. The number of allylic oxidation sites excluding steroid dienone is 1. The van der Waals surface area contributed by atoms with Gasteiger partial charge in [0.25, 0.3) is 5.91 Å². The highest BCUT2D eigenvalue weighted by atomic mass is 16.6. The lowest BCUT2D eigenvalue weighted by atomic mass is 9.99. The third-order valence-electron chi connectivity index (χ3n) is 6.59. The molecule has 0 spiro atoms. The van der Waals surface area contributed by atoms with Gasteiger partial charge < -0.3 is 20.1 Å². The minimum absolute atomic E-state index is 0.0244.